The van der Waals surface area contributed by atoms with E-state index in [0.29, 0.717) is 5.56 Å². The lowest BCUT2D eigenvalue weighted by Gasteiger charge is -1.99. The van der Waals surface area contributed by atoms with Crippen LogP contribution in [-0.4, -0.2) is 19.1 Å². The Morgan fingerprint density at radius 3 is 2.20 bits per heavy atom. The van der Waals surface area contributed by atoms with Crippen LogP contribution in [0.25, 0.3) is 0 Å². The van der Waals surface area contributed by atoms with Gasteiger partial charge in [-0.15, -0.1) is 0 Å². The number of non-ortho nitro benzene ring substituents is 1. The zero-order valence-electron chi connectivity index (χ0n) is 7.79. The number of aryl methyl sites for hydroxylation is 1. The van der Waals surface area contributed by atoms with Crippen LogP contribution in [0.1, 0.15) is 5.56 Å². The topological polar surface area (TPSA) is 103 Å². The van der Waals surface area contributed by atoms with Gasteiger partial charge in [-0.2, -0.15) is 0 Å². The Morgan fingerprint density at radius 2 is 1.80 bits per heavy atom. The maximum Gasteiger partial charge on any atom is 0.269 e. The van der Waals surface area contributed by atoms with Crippen LogP contribution >= 0.6 is 0 Å². The van der Waals surface area contributed by atoms with E-state index >= 15 is 0 Å². The molecule has 82 valence electrons. The summed E-state index contributed by atoms with van der Waals surface area (Å²) in [5.41, 5.74) is 0.684. The standard InChI is InChI=1S/C8H10N2O4S/c9-15(13,14)6-5-7-1-3-8(4-2-7)10(11)12/h1-4H,5-6H2,(H2,9,13,14). The van der Waals surface area contributed by atoms with Gasteiger partial charge in [-0.1, -0.05) is 12.1 Å². The number of rotatable bonds is 4. The number of hydrogen-bond donors (Lipinski definition) is 1. The van der Waals surface area contributed by atoms with Gasteiger partial charge >= 0.3 is 0 Å². The first kappa shape index (κ1) is 11.6. The van der Waals surface area contributed by atoms with Crippen molar-refractivity contribution in [2.45, 2.75) is 6.42 Å². The summed E-state index contributed by atoms with van der Waals surface area (Å²) in [6.45, 7) is 0. The average Bonchev–Trinajstić information content (AvgIpc) is 2.14. The van der Waals surface area contributed by atoms with Crippen molar-refractivity contribution in [3.8, 4) is 0 Å². The predicted octanol–water partition coefficient (Wildman–Crippen LogP) is 0.426. The summed E-state index contributed by atoms with van der Waals surface area (Å²) in [5, 5.41) is 15.1. The fraction of sp³-hybridized carbons (Fsp3) is 0.250. The molecule has 0 amide bonds. The zero-order valence-corrected chi connectivity index (χ0v) is 8.61. The first-order chi connectivity index (χ1) is 6.88. The highest BCUT2D eigenvalue weighted by molar-refractivity contribution is 7.89. The molecule has 0 spiro atoms. The molecule has 0 aliphatic rings. The van der Waals surface area contributed by atoms with Gasteiger partial charge < -0.3 is 0 Å². The van der Waals surface area contributed by atoms with Gasteiger partial charge in [-0.25, -0.2) is 13.6 Å². The lowest BCUT2D eigenvalue weighted by molar-refractivity contribution is -0.384. The van der Waals surface area contributed by atoms with E-state index in [1.807, 2.05) is 0 Å². The lowest BCUT2D eigenvalue weighted by Crippen LogP contribution is -2.17. The van der Waals surface area contributed by atoms with E-state index in [-0.39, 0.29) is 17.9 Å². The van der Waals surface area contributed by atoms with Crippen LogP contribution in [0, 0.1) is 10.1 Å². The summed E-state index contributed by atoms with van der Waals surface area (Å²) in [5.74, 6) is -0.162. The Bertz CT molecular complexity index is 452. The second-order valence-corrected chi connectivity index (χ2v) is 4.77. The van der Waals surface area contributed by atoms with Gasteiger partial charge in [0, 0.05) is 12.1 Å². The van der Waals surface area contributed by atoms with E-state index < -0.39 is 14.9 Å². The molecule has 0 aliphatic carbocycles. The van der Waals surface area contributed by atoms with Crippen LogP contribution in [0.15, 0.2) is 24.3 Å². The van der Waals surface area contributed by atoms with E-state index in [4.69, 9.17) is 5.14 Å². The Kier molecular flexibility index (Phi) is 3.38. The number of nitro benzene ring substituents is 1. The molecule has 0 atom stereocenters. The lowest BCUT2D eigenvalue weighted by atomic mass is 10.1. The first-order valence-electron chi connectivity index (χ1n) is 4.12. The molecule has 0 fully saturated rings. The third-order valence-electron chi connectivity index (χ3n) is 1.82. The Labute approximate surface area is 86.9 Å². The number of benzene rings is 1. The molecule has 0 aliphatic heterocycles. The van der Waals surface area contributed by atoms with Crippen molar-refractivity contribution in [3.05, 3.63) is 39.9 Å². The second-order valence-electron chi connectivity index (χ2n) is 3.04. The predicted molar refractivity (Wildman–Crippen MR) is 54.8 cm³/mol. The van der Waals surface area contributed by atoms with Crippen molar-refractivity contribution in [2.75, 3.05) is 5.75 Å². The molecule has 6 nitrogen and oxygen atoms in total. The van der Waals surface area contributed by atoms with Gasteiger partial charge in [0.2, 0.25) is 10.0 Å². The van der Waals surface area contributed by atoms with Crippen LogP contribution in [0.5, 0.6) is 0 Å². The number of nitrogens with zero attached hydrogens (tertiary/aromatic N) is 1. The molecule has 0 saturated heterocycles. The van der Waals surface area contributed by atoms with Crippen LogP contribution in [0.4, 0.5) is 5.69 Å². The van der Waals surface area contributed by atoms with Crippen LogP contribution in [-0.2, 0) is 16.4 Å². The Balaban J connectivity index is 2.69. The average molecular weight is 230 g/mol. The Hall–Kier alpha value is -1.47. The summed E-state index contributed by atoms with van der Waals surface area (Å²) in [6, 6.07) is 5.70. The molecule has 0 unspecified atom stereocenters. The smallest absolute Gasteiger partial charge is 0.258 e. The maximum absolute atomic E-state index is 10.6. The van der Waals surface area contributed by atoms with E-state index in [1.165, 1.54) is 24.3 Å². The number of hydrogen-bond acceptors (Lipinski definition) is 4. The Morgan fingerprint density at radius 1 is 1.27 bits per heavy atom. The van der Waals surface area contributed by atoms with Crippen molar-refractivity contribution < 1.29 is 13.3 Å². The van der Waals surface area contributed by atoms with E-state index in [1.54, 1.807) is 0 Å². The highest BCUT2D eigenvalue weighted by atomic mass is 32.2. The molecule has 0 aromatic heterocycles. The second kappa shape index (κ2) is 4.37. The molecule has 0 bridgehead atoms. The van der Waals surface area contributed by atoms with Crippen LogP contribution in [0.2, 0.25) is 0 Å². The van der Waals surface area contributed by atoms with E-state index in [0.717, 1.165) is 0 Å². The molecule has 15 heavy (non-hydrogen) atoms. The maximum atomic E-state index is 10.6. The SMILES string of the molecule is NS(=O)(=O)CCc1ccc([N+](=O)[O-])cc1. The van der Waals surface area contributed by atoms with Gasteiger partial charge in [-0.05, 0) is 12.0 Å². The van der Waals surface area contributed by atoms with Gasteiger partial charge in [-0.3, -0.25) is 10.1 Å². The van der Waals surface area contributed by atoms with E-state index in [2.05, 4.69) is 0 Å². The van der Waals surface area contributed by atoms with E-state index in [9.17, 15) is 18.5 Å². The third-order valence-corrected chi connectivity index (χ3v) is 2.60. The zero-order chi connectivity index (χ0) is 11.5. The van der Waals surface area contributed by atoms with Gasteiger partial charge in [0.1, 0.15) is 0 Å². The highest BCUT2D eigenvalue weighted by Gasteiger charge is 2.06. The molecule has 1 rings (SSSR count). The molecule has 0 heterocycles. The monoisotopic (exact) mass is 230 g/mol. The number of nitro groups is 1. The van der Waals surface area contributed by atoms with Gasteiger partial charge in [0.05, 0.1) is 10.7 Å². The summed E-state index contributed by atoms with van der Waals surface area (Å²) in [7, 11) is -3.48. The van der Waals surface area contributed by atoms with Crippen molar-refractivity contribution in [3.63, 3.8) is 0 Å². The molecule has 7 heteroatoms. The fourth-order valence-corrected chi connectivity index (χ4v) is 1.56. The van der Waals surface area contributed by atoms with Crippen molar-refractivity contribution in [1.82, 2.24) is 0 Å². The minimum absolute atomic E-state index is 0.0191. The van der Waals surface area contributed by atoms with Crippen molar-refractivity contribution in [2.24, 2.45) is 5.14 Å². The minimum Gasteiger partial charge on any atom is -0.258 e. The van der Waals surface area contributed by atoms with Gasteiger partial charge in [0.25, 0.3) is 5.69 Å². The van der Waals surface area contributed by atoms with Gasteiger partial charge in [0.15, 0.2) is 0 Å². The normalized spacial score (nSPS) is 11.3. The molecule has 1 aromatic carbocycles. The number of nitrogens with two attached hydrogens (primary N) is 1. The molecule has 0 saturated carbocycles. The molecular formula is C8H10N2O4S. The highest BCUT2D eigenvalue weighted by Crippen LogP contribution is 2.12. The fourth-order valence-electron chi connectivity index (χ4n) is 1.04. The van der Waals surface area contributed by atoms with Crippen molar-refractivity contribution in [1.29, 1.82) is 0 Å². The molecule has 1 aromatic rings. The van der Waals surface area contributed by atoms with Crippen LogP contribution in [0.3, 0.4) is 0 Å². The molecular weight excluding hydrogens is 220 g/mol. The number of sulfonamides is 1. The number of primary sulfonamides is 1. The minimum atomic E-state index is -3.48. The first-order valence-corrected chi connectivity index (χ1v) is 5.84. The summed E-state index contributed by atoms with van der Waals surface area (Å²) in [4.78, 5) is 9.81. The summed E-state index contributed by atoms with van der Waals surface area (Å²) < 4.78 is 21.3. The van der Waals surface area contributed by atoms with Crippen molar-refractivity contribution >= 4 is 15.7 Å². The van der Waals surface area contributed by atoms with Crippen LogP contribution < -0.4 is 5.14 Å². The quantitative estimate of drug-likeness (QED) is 0.598. The summed E-state index contributed by atoms with van der Waals surface area (Å²) in [6.07, 6.45) is 0.261. The largest absolute Gasteiger partial charge is 0.269 e. The third kappa shape index (κ3) is 4.05. The molecule has 2 N–H and O–H groups in total. The summed E-state index contributed by atoms with van der Waals surface area (Å²) >= 11 is 0. The molecule has 0 radical (unpaired) electrons.